The monoisotopic (exact) mass is 498 g/mol. The Morgan fingerprint density at radius 2 is 0.559 bits per heavy atom. The van der Waals surface area contributed by atoms with Gasteiger partial charge >= 0.3 is 8.56 Å². The lowest BCUT2D eigenvalue weighted by atomic mass is 10.1. The van der Waals surface area contributed by atoms with E-state index in [2.05, 4.69) is 27.7 Å². The van der Waals surface area contributed by atoms with Gasteiger partial charge in [0.05, 0.1) is 0 Å². The highest BCUT2D eigenvalue weighted by Gasteiger charge is 2.35. The summed E-state index contributed by atoms with van der Waals surface area (Å²) >= 11 is 0. The van der Waals surface area contributed by atoms with Crippen molar-refractivity contribution in [2.75, 3.05) is 13.2 Å². The molecule has 206 valence electrons. The summed E-state index contributed by atoms with van der Waals surface area (Å²) in [4.78, 5) is 0. The fraction of sp³-hybridized carbons (Fsp3) is 1.00. The zero-order chi connectivity index (χ0) is 25.0. The SMILES string of the molecule is CCCCCCCCCCCCCCC[Si](CCCCCCCCCCCC)(OCC)OCC. The minimum absolute atomic E-state index is 0.822. The zero-order valence-corrected chi connectivity index (χ0v) is 25.4. The van der Waals surface area contributed by atoms with Crippen molar-refractivity contribution in [2.45, 2.75) is 187 Å². The minimum atomic E-state index is -1.99. The highest BCUT2D eigenvalue weighted by molar-refractivity contribution is 6.67. The first-order chi connectivity index (χ1) is 16.7. The van der Waals surface area contributed by atoms with Gasteiger partial charge in [0.15, 0.2) is 0 Å². The second kappa shape index (κ2) is 27.7. The molecule has 3 heteroatoms. The van der Waals surface area contributed by atoms with Crippen molar-refractivity contribution in [1.82, 2.24) is 0 Å². The molecule has 0 aromatic rings. The van der Waals surface area contributed by atoms with Gasteiger partial charge in [0.1, 0.15) is 0 Å². The van der Waals surface area contributed by atoms with Crippen molar-refractivity contribution >= 4 is 8.56 Å². The minimum Gasteiger partial charge on any atom is -0.394 e. The number of unbranched alkanes of at least 4 members (excludes halogenated alkanes) is 21. The van der Waals surface area contributed by atoms with Crippen LogP contribution in [0, 0.1) is 0 Å². The second-order valence-corrected chi connectivity index (χ2v) is 14.1. The maximum Gasteiger partial charge on any atom is 0.338 e. The average molecular weight is 499 g/mol. The van der Waals surface area contributed by atoms with Crippen LogP contribution in [0.1, 0.15) is 175 Å². The normalized spacial score (nSPS) is 12.0. The Morgan fingerprint density at radius 1 is 0.324 bits per heavy atom. The topological polar surface area (TPSA) is 18.5 Å². The maximum atomic E-state index is 6.38. The molecule has 0 amide bonds. The molecule has 0 heterocycles. The third-order valence-corrected chi connectivity index (χ3v) is 11.2. The molecule has 0 unspecified atom stereocenters. The molecular formula is C31H66O2Si. The first kappa shape index (κ1) is 34.1. The molecule has 0 fully saturated rings. The van der Waals surface area contributed by atoms with E-state index in [9.17, 15) is 0 Å². The van der Waals surface area contributed by atoms with Gasteiger partial charge in [-0.15, -0.1) is 0 Å². The van der Waals surface area contributed by atoms with E-state index in [0.29, 0.717) is 0 Å². The smallest absolute Gasteiger partial charge is 0.338 e. The highest BCUT2D eigenvalue weighted by Crippen LogP contribution is 2.26. The predicted octanol–water partition coefficient (Wildman–Crippen LogP) is 11.5. The Morgan fingerprint density at radius 3 is 0.794 bits per heavy atom. The Kier molecular flexibility index (Phi) is 27.8. The summed E-state index contributed by atoms with van der Waals surface area (Å²) in [6.45, 7) is 10.6. The van der Waals surface area contributed by atoms with Crippen LogP contribution in [0.25, 0.3) is 0 Å². The van der Waals surface area contributed by atoms with Gasteiger partial charge in [0.2, 0.25) is 0 Å². The quantitative estimate of drug-likeness (QED) is 0.0753. The van der Waals surface area contributed by atoms with E-state index in [1.165, 1.54) is 160 Å². The number of hydrogen-bond acceptors (Lipinski definition) is 2. The van der Waals surface area contributed by atoms with E-state index >= 15 is 0 Å². The van der Waals surface area contributed by atoms with Gasteiger partial charge < -0.3 is 8.85 Å². The molecule has 0 aliphatic heterocycles. The zero-order valence-electron chi connectivity index (χ0n) is 24.4. The average Bonchev–Trinajstić information content (AvgIpc) is 2.83. The Bertz CT molecular complexity index is 368. The molecule has 0 bridgehead atoms. The van der Waals surface area contributed by atoms with Crippen LogP contribution in [-0.4, -0.2) is 21.8 Å². The summed E-state index contributed by atoms with van der Waals surface area (Å²) in [5, 5.41) is 0. The second-order valence-electron chi connectivity index (χ2n) is 10.7. The van der Waals surface area contributed by atoms with Crippen LogP contribution in [0.2, 0.25) is 12.1 Å². The molecule has 0 saturated carbocycles. The van der Waals surface area contributed by atoms with Crippen molar-refractivity contribution in [1.29, 1.82) is 0 Å². The standard InChI is InChI=1S/C31H66O2Si/c1-5-9-11-13-15-17-19-20-21-23-25-27-29-31-34(32-7-3,33-8-4)30-28-26-24-22-18-16-14-12-10-6-2/h5-31H2,1-4H3. The molecule has 0 aliphatic carbocycles. The molecule has 2 nitrogen and oxygen atoms in total. The first-order valence-electron chi connectivity index (χ1n) is 16.0. The molecule has 0 aromatic carbocycles. The van der Waals surface area contributed by atoms with Crippen molar-refractivity contribution in [2.24, 2.45) is 0 Å². The molecule has 0 saturated heterocycles. The van der Waals surface area contributed by atoms with Gasteiger partial charge in [0.25, 0.3) is 0 Å². The third-order valence-electron chi connectivity index (χ3n) is 7.39. The van der Waals surface area contributed by atoms with Gasteiger partial charge in [0, 0.05) is 13.2 Å². The molecule has 0 aromatic heterocycles. The molecule has 0 radical (unpaired) electrons. The van der Waals surface area contributed by atoms with E-state index in [1.54, 1.807) is 0 Å². The Balaban J connectivity index is 3.84. The molecule has 34 heavy (non-hydrogen) atoms. The van der Waals surface area contributed by atoms with Crippen LogP contribution in [0.3, 0.4) is 0 Å². The lowest BCUT2D eigenvalue weighted by Crippen LogP contribution is -2.42. The van der Waals surface area contributed by atoms with Gasteiger partial charge in [-0.05, 0) is 25.9 Å². The largest absolute Gasteiger partial charge is 0.394 e. The predicted molar refractivity (Wildman–Crippen MR) is 156 cm³/mol. The summed E-state index contributed by atoms with van der Waals surface area (Å²) in [5.74, 6) is 0. The third kappa shape index (κ3) is 22.6. The summed E-state index contributed by atoms with van der Waals surface area (Å²) in [7, 11) is -1.99. The molecule has 0 rings (SSSR count). The van der Waals surface area contributed by atoms with Crippen molar-refractivity contribution < 1.29 is 8.85 Å². The van der Waals surface area contributed by atoms with Crippen molar-refractivity contribution in [3.8, 4) is 0 Å². The summed E-state index contributed by atoms with van der Waals surface area (Å²) < 4.78 is 12.8. The van der Waals surface area contributed by atoms with Gasteiger partial charge in [-0.1, -0.05) is 162 Å². The maximum absolute atomic E-state index is 6.38. The molecule has 0 aliphatic rings. The fourth-order valence-electron chi connectivity index (χ4n) is 5.28. The Hall–Kier alpha value is 0.137. The molecule has 0 N–H and O–H groups in total. The number of hydrogen-bond donors (Lipinski definition) is 0. The highest BCUT2D eigenvalue weighted by atomic mass is 28.4. The van der Waals surface area contributed by atoms with Crippen LogP contribution in [0.5, 0.6) is 0 Å². The number of rotatable bonds is 29. The van der Waals surface area contributed by atoms with Crippen LogP contribution >= 0.6 is 0 Å². The van der Waals surface area contributed by atoms with E-state index in [4.69, 9.17) is 8.85 Å². The van der Waals surface area contributed by atoms with Crippen LogP contribution in [-0.2, 0) is 8.85 Å². The molecule has 0 spiro atoms. The molecular weight excluding hydrogens is 432 g/mol. The lowest BCUT2D eigenvalue weighted by molar-refractivity contribution is 0.180. The van der Waals surface area contributed by atoms with Crippen LogP contribution < -0.4 is 0 Å². The van der Waals surface area contributed by atoms with E-state index in [0.717, 1.165) is 13.2 Å². The summed E-state index contributed by atoms with van der Waals surface area (Å²) in [6, 6.07) is 2.42. The van der Waals surface area contributed by atoms with E-state index < -0.39 is 8.56 Å². The summed E-state index contributed by atoms with van der Waals surface area (Å²) in [6.07, 6.45) is 32.5. The molecule has 0 atom stereocenters. The summed E-state index contributed by atoms with van der Waals surface area (Å²) in [5.41, 5.74) is 0. The van der Waals surface area contributed by atoms with E-state index in [1.807, 2.05) is 0 Å². The van der Waals surface area contributed by atoms with Gasteiger partial charge in [-0.3, -0.25) is 0 Å². The van der Waals surface area contributed by atoms with Crippen LogP contribution in [0.4, 0.5) is 0 Å². The van der Waals surface area contributed by atoms with E-state index in [-0.39, 0.29) is 0 Å². The van der Waals surface area contributed by atoms with Crippen molar-refractivity contribution in [3.05, 3.63) is 0 Å². The fourth-order valence-corrected chi connectivity index (χ4v) is 8.82. The van der Waals surface area contributed by atoms with Gasteiger partial charge in [-0.2, -0.15) is 0 Å². The van der Waals surface area contributed by atoms with Crippen LogP contribution in [0.15, 0.2) is 0 Å². The van der Waals surface area contributed by atoms with Gasteiger partial charge in [-0.25, -0.2) is 0 Å². The Labute approximate surface area is 218 Å². The first-order valence-corrected chi connectivity index (χ1v) is 18.3. The van der Waals surface area contributed by atoms with Crippen molar-refractivity contribution in [3.63, 3.8) is 0 Å². The lowest BCUT2D eigenvalue weighted by Gasteiger charge is -2.30.